The SMILES string of the molecule is Cc1ccc(C2=NN(C3=NC(=O)[C@@H](CC(=O)Nc4ccc(F)c(C)c4)S3)[C@H](c3ccc(F)cc3)C2)cc1. The van der Waals surface area contributed by atoms with Gasteiger partial charge in [-0.2, -0.15) is 10.1 Å². The van der Waals surface area contributed by atoms with Crippen LogP contribution in [0.4, 0.5) is 14.5 Å². The normalized spacial score (nSPS) is 19.1. The lowest BCUT2D eigenvalue weighted by Crippen LogP contribution is -2.25. The number of carbonyl (C=O) groups is 2. The van der Waals surface area contributed by atoms with Gasteiger partial charge in [-0.1, -0.05) is 53.7 Å². The number of amides is 2. The van der Waals surface area contributed by atoms with Crippen LogP contribution in [0, 0.1) is 25.5 Å². The fraction of sp³-hybridized carbons (Fsp3) is 0.214. The summed E-state index contributed by atoms with van der Waals surface area (Å²) in [5, 5.41) is 8.91. The molecule has 3 aromatic carbocycles. The lowest BCUT2D eigenvalue weighted by molar-refractivity contribution is -0.121. The smallest absolute Gasteiger partial charge is 0.262 e. The van der Waals surface area contributed by atoms with Gasteiger partial charge in [0.2, 0.25) is 5.91 Å². The van der Waals surface area contributed by atoms with E-state index in [9.17, 15) is 18.4 Å². The molecule has 0 fully saturated rings. The maximum atomic E-state index is 13.6. The van der Waals surface area contributed by atoms with Crippen molar-refractivity contribution in [1.29, 1.82) is 0 Å². The number of nitrogens with one attached hydrogen (secondary N) is 1. The number of anilines is 1. The highest BCUT2D eigenvalue weighted by molar-refractivity contribution is 8.15. The number of aliphatic imine (C=N–C) groups is 1. The summed E-state index contributed by atoms with van der Waals surface area (Å²) in [5.74, 6) is -1.47. The largest absolute Gasteiger partial charge is 0.326 e. The van der Waals surface area contributed by atoms with E-state index in [0.29, 0.717) is 22.8 Å². The van der Waals surface area contributed by atoms with Crippen molar-refractivity contribution in [3.63, 3.8) is 0 Å². The molecule has 2 amide bonds. The molecule has 1 N–H and O–H groups in total. The summed E-state index contributed by atoms with van der Waals surface area (Å²) in [6.07, 6.45) is 0.466. The van der Waals surface area contributed by atoms with E-state index in [2.05, 4.69) is 10.3 Å². The van der Waals surface area contributed by atoms with Gasteiger partial charge in [0.25, 0.3) is 5.91 Å². The summed E-state index contributed by atoms with van der Waals surface area (Å²) in [5.41, 5.74) is 4.64. The third kappa shape index (κ3) is 5.46. The van der Waals surface area contributed by atoms with Gasteiger partial charge < -0.3 is 5.32 Å². The molecular weight excluding hydrogens is 494 g/mol. The van der Waals surface area contributed by atoms with Crippen molar-refractivity contribution in [2.75, 3.05) is 5.32 Å². The molecule has 0 aliphatic carbocycles. The van der Waals surface area contributed by atoms with E-state index in [-0.39, 0.29) is 30.0 Å². The van der Waals surface area contributed by atoms with Gasteiger partial charge in [0.05, 0.1) is 11.8 Å². The van der Waals surface area contributed by atoms with Gasteiger partial charge in [0, 0.05) is 18.5 Å². The number of hydrogen-bond acceptors (Lipinski definition) is 5. The highest BCUT2D eigenvalue weighted by Crippen LogP contribution is 2.38. The Labute approximate surface area is 217 Å². The summed E-state index contributed by atoms with van der Waals surface area (Å²) in [6.45, 7) is 3.62. The monoisotopic (exact) mass is 518 g/mol. The number of benzene rings is 3. The van der Waals surface area contributed by atoms with Crippen molar-refractivity contribution in [2.45, 2.75) is 38.0 Å². The molecule has 5 rings (SSSR count). The molecule has 37 heavy (non-hydrogen) atoms. The molecule has 3 aromatic rings. The molecule has 2 aliphatic rings. The Balaban J connectivity index is 1.34. The second-order valence-electron chi connectivity index (χ2n) is 9.08. The molecule has 0 spiro atoms. The maximum Gasteiger partial charge on any atom is 0.262 e. The second kappa shape index (κ2) is 10.3. The van der Waals surface area contributed by atoms with Gasteiger partial charge in [-0.05, 0) is 60.9 Å². The summed E-state index contributed by atoms with van der Waals surface area (Å²) >= 11 is 1.19. The van der Waals surface area contributed by atoms with E-state index in [1.807, 2.05) is 31.2 Å². The molecule has 0 saturated carbocycles. The molecule has 9 heteroatoms. The van der Waals surface area contributed by atoms with Crippen LogP contribution >= 0.6 is 11.8 Å². The Morgan fingerprint density at radius 2 is 1.78 bits per heavy atom. The van der Waals surface area contributed by atoms with E-state index >= 15 is 0 Å². The molecule has 0 aromatic heterocycles. The average Bonchev–Trinajstić information content (AvgIpc) is 3.46. The molecule has 0 bridgehead atoms. The number of hydrazone groups is 1. The molecule has 0 unspecified atom stereocenters. The highest BCUT2D eigenvalue weighted by atomic mass is 32.2. The van der Waals surface area contributed by atoms with E-state index in [1.54, 1.807) is 24.1 Å². The predicted molar refractivity (Wildman–Crippen MR) is 142 cm³/mol. The Morgan fingerprint density at radius 3 is 2.49 bits per heavy atom. The van der Waals surface area contributed by atoms with E-state index < -0.39 is 11.2 Å². The van der Waals surface area contributed by atoms with Crippen LogP contribution in [0.3, 0.4) is 0 Å². The first-order valence-electron chi connectivity index (χ1n) is 11.8. The zero-order valence-corrected chi connectivity index (χ0v) is 21.1. The van der Waals surface area contributed by atoms with Crippen LogP contribution in [0.2, 0.25) is 0 Å². The van der Waals surface area contributed by atoms with Crippen molar-refractivity contribution in [3.05, 3.63) is 101 Å². The minimum atomic E-state index is -0.705. The number of hydrogen-bond donors (Lipinski definition) is 1. The summed E-state index contributed by atoms with van der Waals surface area (Å²) in [4.78, 5) is 29.6. The van der Waals surface area contributed by atoms with Gasteiger partial charge in [-0.3, -0.25) is 9.59 Å². The number of carbonyl (C=O) groups excluding carboxylic acids is 2. The number of rotatable bonds is 5. The third-order valence-electron chi connectivity index (χ3n) is 6.29. The number of aryl methyl sites for hydroxylation is 2. The van der Waals surface area contributed by atoms with E-state index in [0.717, 1.165) is 22.4 Å². The summed E-state index contributed by atoms with van der Waals surface area (Å²) < 4.78 is 27.1. The molecule has 0 saturated heterocycles. The van der Waals surface area contributed by atoms with Crippen LogP contribution in [0.15, 0.2) is 76.8 Å². The van der Waals surface area contributed by atoms with Crippen LogP contribution in [0.25, 0.3) is 0 Å². The van der Waals surface area contributed by atoms with Gasteiger partial charge in [-0.15, -0.1) is 0 Å². The van der Waals surface area contributed by atoms with Gasteiger partial charge in [0.15, 0.2) is 5.17 Å². The third-order valence-corrected chi connectivity index (χ3v) is 7.43. The first kappa shape index (κ1) is 24.8. The van der Waals surface area contributed by atoms with Crippen LogP contribution in [-0.2, 0) is 9.59 Å². The lowest BCUT2D eigenvalue weighted by atomic mass is 9.98. The first-order valence-corrected chi connectivity index (χ1v) is 12.7. The van der Waals surface area contributed by atoms with Crippen LogP contribution in [0.5, 0.6) is 0 Å². The number of halogens is 2. The number of thioether (sulfide) groups is 1. The zero-order valence-electron chi connectivity index (χ0n) is 20.2. The maximum absolute atomic E-state index is 13.6. The molecule has 6 nitrogen and oxygen atoms in total. The Bertz CT molecular complexity index is 1420. The molecule has 2 aliphatic heterocycles. The topological polar surface area (TPSA) is 74.1 Å². The lowest BCUT2D eigenvalue weighted by Gasteiger charge is -2.23. The van der Waals surface area contributed by atoms with E-state index in [4.69, 9.17) is 5.10 Å². The zero-order chi connectivity index (χ0) is 26.1. The molecule has 2 heterocycles. The minimum absolute atomic E-state index is 0.0868. The van der Waals surface area contributed by atoms with E-state index in [1.165, 1.54) is 42.1 Å². The van der Waals surface area contributed by atoms with Crippen molar-refractivity contribution in [1.82, 2.24) is 5.01 Å². The summed E-state index contributed by atoms with van der Waals surface area (Å²) in [6, 6.07) is 18.3. The van der Waals surface area contributed by atoms with Crippen molar-refractivity contribution < 1.29 is 18.4 Å². The Morgan fingerprint density at radius 1 is 1.05 bits per heavy atom. The Hall–Kier alpha value is -3.85. The minimum Gasteiger partial charge on any atom is -0.326 e. The quantitative estimate of drug-likeness (QED) is 0.466. The molecule has 2 atom stereocenters. The van der Waals surface area contributed by atoms with Crippen LogP contribution < -0.4 is 5.32 Å². The van der Waals surface area contributed by atoms with Crippen molar-refractivity contribution in [3.8, 4) is 0 Å². The molecule has 188 valence electrons. The predicted octanol–water partition coefficient (Wildman–Crippen LogP) is 5.76. The first-order chi connectivity index (χ1) is 17.8. The molecule has 0 radical (unpaired) electrons. The highest BCUT2D eigenvalue weighted by Gasteiger charge is 2.39. The van der Waals surface area contributed by atoms with Crippen LogP contribution in [-0.4, -0.2) is 33.0 Å². The Kier molecular flexibility index (Phi) is 6.88. The summed E-state index contributed by atoms with van der Waals surface area (Å²) in [7, 11) is 0. The van der Waals surface area contributed by atoms with Gasteiger partial charge >= 0.3 is 0 Å². The number of amidine groups is 1. The second-order valence-corrected chi connectivity index (χ2v) is 10.3. The van der Waals surface area contributed by atoms with Gasteiger partial charge in [0.1, 0.15) is 16.9 Å². The van der Waals surface area contributed by atoms with Crippen molar-refractivity contribution >= 4 is 40.1 Å². The molecular formula is C28H24F2N4O2S. The van der Waals surface area contributed by atoms with Crippen LogP contribution in [0.1, 0.15) is 41.1 Å². The standard InChI is InChI=1S/C28H24F2N4O2S/c1-16-3-5-18(6-4-16)23-14-24(19-7-9-20(29)10-8-19)34(33-23)28-32-27(36)25(37-28)15-26(35)31-21-11-12-22(30)17(2)13-21/h3-13,24-25H,14-15H2,1-2H3,(H,31,35)/t24-,25+/m0/s1. The van der Waals surface area contributed by atoms with Crippen molar-refractivity contribution in [2.24, 2.45) is 10.1 Å². The number of nitrogens with zero attached hydrogens (tertiary/aromatic N) is 3. The average molecular weight is 519 g/mol. The fourth-order valence-electron chi connectivity index (χ4n) is 4.26. The van der Waals surface area contributed by atoms with Gasteiger partial charge in [-0.25, -0.2) is 13.8 Å². The fourth-order valence-corrected chi connectivity index (χ4v) is 5.32.